The summed E-state index contributed by atoms with van der Waals surface area (Å²) in [5.74, 6) is 1.86. The largest absolute Gasteiger partial charge is 0.458 e. The van der Waals surface area contributed by atoms with E-state index in [1.54, 1.807) is 0 Å². The molecule has 8 aromatic carbocycles. The van der Waals surface area contributed by atoms with Crippen molar-refractivity contribution >= 4 is 69.0 Å². The Morgan fingerprint density at radius 3 is 1.77 bits per heavy atom. The molecule has 56 heavy (non-hydrogen) atoms. The Kier molecular flexibility index (Phi) is 7.27. The zero-order valence-corrected chi connectivity index (χ0v) is 33.1. The second-order valence-corrected chi connectivity index (χ2v) is 19.5. The molecule has 2 nitrogen and oxygen atoms in total. The molecule has 0 aromatic heterocycles. The number of para-hydroxylation sites is 2. The average Bonchev–Trinajstić information content (AvgIpc) is 3.51. The van der Waals surface area contributed by atoms with E-state index in [2.05, 4.69) is 202 Å². The summed E-state index contributed by atoms with van der Waals surface area (Å²) in [4.78, 5) is 2.58. The molecule has 0 N–H and O–H groups in total. The number of aryl methyl sites for hydroxylation is 4. The first kappa shape index (κ1) is 33.0. The van der Waals surface area contributed by atoms with E-state index in [9.17, 15) is 0 Å². The highest BCUT2D eigenvalue weighted by Crippen LogP contribution is 2.46. The first-order valence-electron chi connectivity index (χ1n) is 19.7. The normalized spacial score (nSPS) is 13.9. The molecule has 3 heterocycles. The molecule has 0 aliphatic carbocycles. The average molecular weight is 734 g/mol. The van der Waals surface area contributed by atoms with E-state index in [4.69, 9.17) is 4.74 Å². The van der Waals surface area contributed by atoms with Gasteiger partial charge in [0.1, 0.15) is 11.5 Å². The molecule has 8 aromatic rings. The van der Waals surface area contributed by atoms with Gasteiger partial charge < -0.3 is 9.64 Å². The minimum absolute atomic E-state index is 0.0141. The van der Waals surface area contributed by atoms with Crippen LogP contribution in [-0.4, -0.2) is 14.8 Å². The Morgan fingerprint density at radius 1 is 0.464 bits per heavy atom. The maximum absolute atomic E-state index is 7.03. The molecule has 0 saturated carbocycles. The molecule has 0 bridgehead atoms. The van der Waals surface area contributed by atoms with Gasteiger partial charge in [0.25, 0.3) is 6.71 Å². The van der Waals surface area contributed by atoms with Crippen LogP contribution in [0.2, 0.25) is 0 Å². The molecule has 266 valence electrons. The molecule has 0 fully saturated rings. The number of hydrogen-bond acceptors (Lipinski definition) is 2. The number of rotatable bonds is 4. The van der Waals surface area contributed by atoms with E-state index < -0.39 is 8.07 Å². The van der Waals surface area contributed by atoms with Crippen LogP contribution in [0.15, 0.2) is 170 Å². The van der Waals surface area contributed by atoms with Crippen LogP contribution in [0.5, 0.6) is 11.5 Å². The maximum Gasteiger partial charge on any atom is 0.256 e. The Morgan fingerprint density at radius 2 is 1.07 bits per heavy atom. The molecule has 0 amide bonds. The van der Waals surface area contributed by atoms with Gasteiger partial charge in [-0.3, -0.25) is 0 Å². The molecular formula is C52H40BNOSi. The lowest BCUT2D eigenvalue weighted by Gasteiger charge is -2.42. The molecule has 3 aliphatic heterocycles. The first-order valence-corrected chi connectivity index (χ1v) is 21.7. The predicted molar refractivity (Wildman–Crippen MR) is 239 cm³/mol. The Balaban J connectivity index is 1.30. The van der Waals surface area contributed by atoms with E-state index in [0.717, 1.165) is 11.5 Å². The van der Waals surface area contributed by atoms with Gasteiger partial charge in [-0.1, -0.05) is 146 Å². The lowest BCUT2D eigenvalue weighted by molar-refractivity contribution is 0.487. The Bertz CT molecular complexity index is 2820. The molecule has 11 rings (SSSR count). The number of anilines is 3. The van der Waals surface area contributed by atoms with Crippen LogP contribution in [0.3, 0.4) is 0 Å². The van der Waals surface area contributed by atoms with E-state index >= 15 is 0 Å². The summed E-state index contributed by atoms with van der Waals surface area (Å²) in [6.07, 6.45) is 0. The number of benzene rings is 8. The Hall–Kier alpha value is -6.36. The highest BCUT2D eigenvalue weighted by molar-refractivity contribution is 7.22. The first-order chi connectivity index (χ1) is 27.4. The third-order valence-electron chi connectivity index (χ3n) is 12.7. The van der Waals surface area contributed by atoms with Crippen molar-refractivity contribution in [2.45, 2.75) is 27.7 Å². The van der Waals surface area contributed by atoms with Gasteiger partial charge in [0.15, 0.2) is 8.07 Å². The molecule has 3 aliphatic rings. The van der Waals surface area contributed by atoms with Crippen LogP contribution in [0.1, 0.15) is 22.3 Å². The van der Waals surface area contributed by atoms with Gasteiger partial charge in [-0.25, -0.2) is 0 Å². The van der Waals surface area contributed by atoms with E-state index in [-0.39, 0.29) is 6.71 Å². The van der Waals surface area contributed by atoms with Crippen molar-refractivity contribution in [3.05, 3.63) is 192 Å². The van der Waals surface area contributed by atoms with Crippen molar-refractivity contribution < 1.29 is 4.74 Å². The highest BCUT2D eigenvalue weighted by Gasteiger charge is 2.51. The smallest absolute Gasteiger partial charge is 0.256 e. The topological polar surface area (TPSA) is 12.5 Å². The number of hydrogen-bond donors (Lipinski definition) is 0. The summed E-state index contributed by atoms with van der Waals surface area (Å²) < 4.78 is 7.03. The van der Waals surface area contributed by atoms with Crippen LogP contribution in [0.25, 0.3) is 22.3 Å². The van der Waals surface area contributed by atoms with Crippen LogP contribution in [-0.2, 0) is 0 Å². The van der Waals surface area contributed by atoms with Crippen molar-refractivity contribution in [1.82, 2.24) is 0 Å². The lowest BCUT2D eigenvalue weighted by Crippen LogP contribution is -2.73. The van der Waals surface area contributed by atoms with Gasteiger partial charge in [0.2, 0.25) is 0 Å². The zero-order valence-electron chi connectivity index (χ0n) is 32.1. The quantitative estimate of drug-likeness (QED) is 0.169. The van der Waals surface area contributed by atoms with Gasteiger partial charge in [-0.2, -0.15) is 0 Å². The zero-order chi connectivity index (χ0) is 37.7. The number of fused-ring (bicyclic) bond motifs is 7. The minimum Gasteiger partial charge on any atom is -0.458 e. The second kappa shape index (κ2) is 12.3. The van der Waals surface area contributed by atoms with Crippen LogP contribution < -0.4 is 46.8 Å². The fourth-order valence-electron chi connectivity index (χ4n) is 10.4. The lowest BCUT2D eigenvalue weighted by atomic mass is 9.34. The molecular weight excluding hydrogens is 693 g/mol. The summed E-state index contributed by atoms with van der Waals surface area (Å²) in [6.45, 7) is 8.95. The molecule has 0 saturated heterocycles. The van der Waals surface area contributed by atoms with Crippen LogP contribution in [0.4, 0.5) is 17.1 Å². The molecule has 0 unspecified atom stereocenters. The number of nitrogens with zero attached hydrogens (tertiary/aromatic N) is 1. The van der Waals surface area contributed by atoms with Crippen molar-refractivity contribution in [2.75, 3.05) is 4.90 Å². The summed E-state index contributed by atoms with van der Waals surface area (Å²) >= 11 is 0. The fraction of sp³-hybridized carbons (Fsp3) is 0.0769. The maximum atomic E-state index is 7.03. The summed E-state index contributed by atoms with van der Waals surface area (Å²) in [5.41, 5.74) is 17.6. The van der Waals surface area contributed by atoms with Crippen molar-refractivity contribution in [3.8, 4) is 33.8 Å². The predicted octanol–water partition coefficient (Wildman–Crippen LogP) is 8.35. The van der Waals surface area contributed by atoms with E-state index in [0.29, 0.717) is 0 Å². The van der Waals surface area contributed by atoms with E-state index in [1.165, 1.54) is 98.7 Å². The van der Waals surface area contributed by atoms with Gasteiger partial charge in [0, 0.05) is 11.4 Å². The summed E-state index contributed by atoms with van der Waals surface area (Å²) in [5, 5.41) is 5.73. The standard InChI is InChI=1S/C52H40BNOSi/c1-33-17-15-18-34(2)50(33)37-29-45-51-47(30-37)55-46-27-13-12-26-42(46)53(51)43-32-49-41(31-44(43)54(45)52-35(3)19-16-20-36(52)4)40-25-11-14-28-48(40)56(49,38-21-7-5-8-22-38)39-23-9-6-10-24-39/h5-32H,1-4H3. The summed E-state index contributed by atoms with van der Waals surface area (Å²) in [6, 6.07) is 63.9. The van der Waals surface area contributed by atoms with Crippen molar-refractivity contribution in [2.24, 2.45) is 0 Å². The monoisotopic (exact) mass is 733 g/mol. The summed E-state index contributed by atoms with van der Waals surface area (Å²) in [7, 11) is -2.74. The second-order valence-electron chi connectivity index (χ2n) is 15.8. The molecule has 0 atom stereocenters. The van der Waals surface area contributed by atoms with E-state index in [1.807, 2.05) is 0 Å². The van der Waals surface area contributed by atoms with Crippen molar-refractivity contribution in [1.29, 1.82) is 0 Å². The van der Waals surface area contributed by atoms with Crippen LogP contribution >= 0.6 is 0 Å². The Labute approximate surface area is 330 Å². The van der Waals surface area contributed by atoms with Gasteiger partial charge in [0.05, 0.1) is 5.69 Å². The third-order valence-corrected chi connectivity index (χ3v) is 17.6. The van der Waals surface area contributed by atoms with Crippen molar-refractivity contribution in [3.63, 3.8) is 0 Å². The van der Waals surface area contributed by atoms with Gasteiger partial charge >= 0.3 is 0 Å². The molecule has 4 heteroatoms. The highest BCUT2D eigenvalue weighted by atomic mass is 28.3. The fourth-order valence-corrected chi connectivity index (χ4v) is 15.6. The molecule has 0 spiro atoms. The third kappa shape index (κ3) is 4.51. The van der Waals surface area contributed by atoms with Gasteiger partial charge in [-0.15, -0.1) is 0 Å². The molecule has 0 radical (unpaired) electrons. The van der Waals surface area contributed by atoms with Crippen LogP contribution in [0, 0.1) is 27.7 Å². The number of ether oxygens (including phenoxy) is 1. The van der Waals surface area contributed by atoms with Gasteiger partial charge in [-0.05, 0) is 134 Å². The SMILES string of the molecule is Cc1cccc(C)c1-c1cc2c3c(c1)N(c1c(C)cccc1C)c1cc4c(cc1B3c1ccccc1O2)[Si](c1ccccc1)(c1ccccc1)c1ccccc1-4. The minimum atomic E-state index is -2.74.